The molecule has 0 unspecified atom stereocenters. The van der Waals surface area contributed by atoms with E-state index in [4.69, 9.17) is 4.74 Å². The van der Waals surface area contributed by atoms with E-state index < -0.39 is 29.7 Å². The zero-order valence-electron chi connectivity index (χ0n) is 15.4. The van der Waals surface area contributed by atoms with Gasteiger partial charge in [-0.15, -0.1) is 0 Å². The summed E-state index contributed by atoms with van der Waals surface area (Å²) in [7, 11) is 0. The second-order valence-electron chi connectivity index (χ2n) is 6.39. The number of amides is 1. The summed E-state index contributed by atoms with van der Waals surface area (Å²) in [5.74, 6) is -1.56. The van der Waals surface area contributed by atoms with Crippen LogP contribution in [0.3, 0.4) is 0 Å². The topological polar surface area (TPSA) is 55.4 Å². The maximum absolute atomic E-state index is 12.8. The number of benzene rings is 2. The van der Waals surface area contributed by atoms with Gasteiger partial charge in [-0.25, -0.2) is 4.79 Å². The van der Waals surface area contributed by atoms with Crippen molar-refractivity contribution in [2.24, 2.45) is 0 Å². The Morgan fingerprint density at radius 2 is 1.63 bits per heavy atom. The molecule has 0 saturated heterocycles. The molecule has 0 fully saturated rings. The Bertz CT molecular complexity index is 852. The molecular weight excluding hydrogens is 359 g/mol. The number of alkyl halides is 3. The molecule has 0 aromatic heterocycles. The summed E-state index contributed by atoms with van der Waals surface area (Å²) in [5.41, 5.74) is 2.15. The number of hydrogen-bond acceptors (Lipinski definition) is 3. The van der Waals surface area contributed by atoms with Crippen LogP contribution in [0.1, 0.15) is 39.5 Å². The van der Waals surface area contributed by atoms with Crippen LogP contribution in [-0.4, -0.2) is 18.0 Å². The Kier molecular flexibility index (Phi) is 5.93. The molecule has 2 aromatic carbocycles. The highest BCUT2D eigenvalue weighted by molar-refractivity contribution is 5.98. The normalized spacial score (nSPS) is 12.4. The molecule has 1 amide bonds. The lowest BCUT2D eigenvalue weighted by Gasteiger charge is -2.17. The smallest absolute Gasteiger partial charge is 0.416 e. The number of halogens is 3. The Morgan fingerprint density at radius 3 is 2.19 bits per heavy atom. The minimum absolute atomic E-state index is 0.271. The predicted molar refractivity (Wildman–Crippen MR) is 95.6 cm³/mol. The molecule has 7 heteroatoms. The fourth-order valence-corrected chi connectivity index (χ4v) is 2.71. The van der Waals surface area contributed by atoms with Crippen molar-refractivity contribution in [3.05, 3.63) is 64.2 Å². The van der Waals surface area contributed by atoms with Crippen LogP contribution in [0.5, 0.6) is 0 Å². The number of rotatable bonds is 4. The van der Waals surface area contributed by atoms with Gasteiger partial charge in [-0.05, 0) is 57.0 Å². The van der Waals surface area contributed by atoms with Crippen molar-refractivity contribution >= 4 is 17.6 Å². The number of nitrogens with one attached hydrogen (secondary N) is 1. The monoisotopic (exact) mass is 379 g/mol. The van der Waals surface area contributed by atoms with E-state index in [1.807, 2.05) is 32.9 Å². The highest BCUT2D eigenvalue weighted by atomic mass is 19.4. The van der Waals surface area contributed by atoms with E-state index in [2.05, 4.69) is 5.32 Å². The molecule has 2 aromatic rings. The Hall–Kier alpha value is -2.83. The van der Waals surface area contributed by atoms with Crippen LogP contribution in [0.15, 0.2) is 36.4 Å². The van der Waals surface area contributed by atoms with Gasteiger partial charge in [0.25, 0.3) is 5.91 Å². The van der Waals surface area contributed by atoms with Gasteiger partial charge in [-0.1, -0.05) is 23.8 Å². The largest absolute Gasteiger partial charge is 0.449 e. The van der Waals surface area contributed by atoms with Gasteiger partial charge < -0.3 is 10.1 Å². The number of carbonyl (C=O) groups is 2. The van der Waals surface area contributed by atoms with Crippen molar-refractivity contribution in [1.29, 1.82) is 0 Å². The Labute approximate surface area is 155 Å². The van der Waals surface area contributed by atoms with E-state index in [-0.39, 0.29) is 5.56 Å². The summed E-state index contributed by atoms with van der Waals surface area (Å²) in [6.45, 7) is 6.98. The van der Waals surface area contributed by atoms with Crippen LogP contribution >= 0.6 is 0 Å². The fraction of sp³-hybridized carbons (Fsp3) is 0.300. The molecule has 2 rings (SSSR count). The molecule has 0 aliphatic carbocycles. The third-order valence-corrected chi connectivity index (χ3v) is 4.00. The summed E-state index contributed by atoms with van der Waals surface area (Å²) in [5, 5.41) is 2.70. The van der Waals surface area contributed by atoms with Crippen LogP contribution in [0.4, 0.5) is 18.9 Å². The van der Waals surface area contributed by atoms with Crippen LogP contribution in [-0.2, 0) is 15.7 Å². The number of ether oxygens (including phenoxy) is 1. The molecule has 0 spiro atoms. The van der Waals surface area contributed by atoms with Gasteiger partial charge in [0.2, 0.25) is 0 Å². The fourth-order valence-electron chi connectivity index (χ4n) is 2.71. The number of esters is 1. The lowest BCUT2D eigenvalue weighted by Crippen LogP contribution is -2.30. The zero-order chi connectivity index (χ0) is 20.4. The average molecular weight is 379 g/mol. The molecular formula is C20H20F3NO3. The molecule has 0 aliphatic rings. The van der Waals surface area contributed by atoms with E-state index in [1.54, 1.807) is 0 Å². The summed E-state index contributed by atoms with van der Waals surface area (Å²) in [6.07, 6.45) is -5.74. The molecule has 1 atom stereocenters. The first kappa shape index (κ1) is 20.5. The first-order chi connectivity index (χ1) is 12.5. The highest BCUT2D eigenvalue weighted by Gasteiger charge is 2.31. The predicted octanol–water partition coefficient (Wildman–Crippen LogP) is 4.81. The van der Waals surface area contributed by atoms with E-state index in [9.17, 15) is 22.8 Å². The van der Waals surface area contributed by atoms with Crippen molar-refractivity contribution in [1.82, 2.24) is 0 Å². The van der Waals surface area contributed by atoms with Crippen LogP contribution < -0.4 is 5.32 Å². The molecule has 0 radical (unpaired) electrons. The van der Waals surface area contributed by atoms with Gasteiger partial charge in [0.05, 0.1) is 11.1 Å². The third-order valence-electron chi connectivity index (χ3n) is 4.00. The molecule has 0 heterocycles. The highest BCUT2D eigenvalue weighted by Crippen LogP contribution is 2.29. The van der Waals surface area contributed by atoms with Crippen molar-refractivity contribution in [3.63, 3.8) is 0 Å². The summed E-state index contributed by atoms with van der Waals surface area (Å²) in [6, 6.07) is 7.68. The molecule has 1 N–H and O–H groups in total. The van der Waals surface area contributed by atoms with Crippen LogP contribution in [0.25, 0.3) is 0 Å². The second kappa shape index (κ2) is 7.82. The average Bonchev–Trinajstić information content (AvgIpc) is 2.57. The maximum atomic E-state index is 12.8. The van der Waals surface area contributed by atoms with Gasteiger partial charge in [0, 0.05) is 5.69 Å². The summed E-state index contributed by atoms with van der Waals surface area (Å²) < 4.78 is 43.3. The first-order valence-electron chi connectivity index (χ1n) is 8.26. The van der Waals surface area contributed by atoms with Gasteiger partial charge in [-0.3, -0.25) is 4.79 Å². The number of aryl methyl sites for hydroxylation is 3. The number of carbonyl (C=O) groups excluding carboxylic acids is 2. The van der Waals surface area contributed by atoms with Crippen molar-refractivity contribution in [2.75, 3.05) is 5.32 Å². The molecule has 0 bridgehead atoms. The summed E-state index contributed by atoms with van der Waals surface area (Å²) in [4.78, 5) is 24.4. The SMILES string of the molecule is Cc1cc(C)c(NC(=O)[C@H](C)OC(=O)c2cccc(C(F)(F)F)c2)c(C)c1. The van der Waals surface area contributed by atoms with Gasteiger partial charge >= 0.3 is 12.1 Å². The Balaban J connectivity index is 2.10. The van der Waals surface area contributed by atoms with Crippen molar-refractivity contribution < 1.29 is 27.5 Å². The molecule has 4 nitrogen and oxygen atoms in total. The lowest BCUT2D eigenvalue weighted by molar-refractivity contribution is -0.137. The Morgan fingerprint density at radius 1 is 1.04 bits per heavy atom. The van der Waals surface area contributed by atoms with Crippen LogP contribution in [0.2, 0.25) is 0 Å². The number of hydrogen-bond donors (Lipinski definition) is 1. The minimum atomic E-state index is -4.57. The van der Waals surface area contributed by atoms with Gasteiger partial charge in [0.1, 0.15) is 0 Å². The molecule has 0 aliphatic heterocycles. The standard InChI is InChI=1S/C20H20F3NO3/c1-11-8-12(2)17(13(3)9-11)24-18(25)14(4)27-19(26)15-6-5-7-16(10-15)20(21,22)23/h5-10,14H,1-4H3,(H,24,25)/t14-/m0/s1. The quantitative estimate of drug-likeness (QED) is 0.776. The van der Waals surface area contributed by atoms with Gasteiger partial charge in [-0.2, -0.15) is 13.2 Å². The third kappa shape index (κ3) is 5.09. The van der Waals surface area contributed by atoms with E-state index >= 15 is 0 Å². The lowest BCUT2D eigenvalue weighted by atomic mass is 10.0. The first-order valence-corrected chi connectivity index (χ1v) is 8.26. The van der Waals surface area contributed by atoms with Crippen molar-refractivity contribution in [3.8, 4) is 0 Å². The number of anilines is 1. The van der Waals surface area contributed by atoms with E-state index in [0.717, 1.165) is 28.8 Å². The molecule has 144 valence electrons. The van der Waals surface area contributed by atoms with Crippen LogP contribution in [0, 0.1) is 20.8 Å². The van der Waals surface area contributed by atoms with Crippen molar-refractivity contribution in [2.45, 2.75) is 40.0 Å². The molecule has 0 saturated carbocycles. The van der Waals surface area contributed by atoms with Gasteiger partial charge in [0.15, 0.2) is 6.10 Å². The van der Waals surface area contributed by atoms with E-state index in [0.29, 0.717) is 11.8 Å². The molecule has 27 heavy (non-hydrogen) atoms. The summed E-state index contributed by atoms with van der Waals surface area (Å²) >= 11 is 0. The minimum Gasteiger partial charge on any atom is -0.449 e. The van der Waals surface area contributed by atoms with E-state index in [1.165, 1.54) is 13.0 Å². The maximum Gasteiger partial charge on any atom is 0.416 e. The zero-order valence-corrected chi connectivity index (χ0v) is 15.4. The second-order valence-corrected chi connectivity index (χ2v) is 6.39.